The standard InChI is InChI=1S/C10H18N2OS/c1-2-12(7-9(13)6-11)8-10-4-3-5-14-10/h3-5,9,13H,2,6-8,11H2,1H3. The molecule has 0 bridgehead atoms. The van der Waals surface area contributed by atoms with Crippen molar-refractivity contribution in [3.63, 3.8) is 0 Å². The van der Waals surface area contributed by atoms with Crippen molar-refractivity contribution in [3.05, 3.63) is 22.4 Å². The fraction of sp³-hybridized carbons (Fsp3) is 0.600. The molecule has 14 heavy (non-hydrogen) atoms. The zero-order valence-corrected chi connectivity index (χ0v) is 9.33. The summed E-state index contributed by atoms with van der Waals surface area (Å²) in [5, 5.41) is 11.5. The van der Waals surface area contributed by atoms with Crippen LogP contribution in [0, 0.1) is 0 Å². The molecule has 0 saturated carbocycles. The van der Waals surface area contributed by atoms with E-state index < -0.39 is 6.10 Å². The van der Waals surface area contributed by atoms with Gasteiger partial charge in [0.25, 0.3) is 0 Å². The Morgan fingerprint density at radius 2 is 2.43 bits per heavy atom. The van der Waals surface area contributed by atoms with Gasteiger partial charge >= 0.3 is 0 Å². The SMILES string of the molecule is CCN(Cc1cccs1)CC(O)CN. The summed E-state index contributed by atoms with van der Waals surface area (Å²) in [6.07, 6.45) is -0.407. The van der Waals surface area contributed by atoms with Crippen LogP contribution in [-0.4, -0.2) is 35.7 Å². The minimum atomic E-state index is -0.407. The summed E-state index contributed by atoms with van der Waals surface area (Å²) in [6, 6.07) is 4.16. The van der Waals surface area contributed by atoms with Crippen LogP contribution < -0.4 is 5.73 Å². The van der Waals surface area contributed by atoms with Gasteiger partial charge in [-0.05, 0) is 18.0 Å². The van der Waals surface area contributed by atoms with E-state index in [1.54, 1.807) is 11.3 Å². The molecule has 1 aromatic heterocycles. The highest BCUT2D eigenvalue weighted by molar-refractivity contribution is 7.09. The Bertz CT molecular complexity index is 238. The van der Waals surface area contributed by atoms with Crippen LogP contribution in [-0.2, 0) is 6.54 Å². The molecule has 0 amide bonds. The molecular formula is C10H18N2OS. The molecule has 0 aromatic carbocycles. The van der Waals surface area contributed by atoms with Gasteiger partial charge in [-0.3, -0.25) is 4.90 Å². The fourth-order valence-corrected chi connectivity index (χ4v) is 2.05. The third-order valence-corrected chi connectivity index (χ3v) is 3.01. The Morgan fingerprint density at radius 1 is 1.64 bits per heavy atom. The number of likely N-dealkylation sites (N-methyl/N-ethyl adjacent to an activating group) is 1. The van der Waals surface area contributed by atoms with Crippen LogP contribution in [0.2, 0.25) is 0 Å². The Balaban J connectivity index is 2.39. The van der Waals surface area contributed by atoms with Gasteiger partial charge < -0.3 is 10.8 Å². The summed E-state index contributed by atoms with van der Waals surface area (Å²) in [5.41, 5.74) is 5.37. The zero-order chi connectivity index (χ0) is 10.4. The summed E-state index contributed by atoms with van der Waals surface area (Å²) in [7, 11) is 0. The maximum atomic E-state index is 9.42. The van der Waals surface area contributed by atoms with E-state index in [1.165, 1.54) is 4.88 Å². The number of aliphatic hydroxyl groups is 1. The molecule has 1 heterocycles. The highest BCUT2D eigenvalue weighted by Gasteiger charge is 2.09. The van der Waals surface area contributed by atoms with Gasteiger partial charge in [0.05, 0.1) is 6.10 Å². The molecule has 0 aliphatic heterocycles. The Kier molecular flexibility index (Phi) is 5.11. The van der Waals surface area contributed by atoms with Gasteiger partial charge in [0.15, 0.2) is 0 Å². The molecule has 0 saturated heterocycles. The second-order valence-electron chi connectivity index (χ2n) is 3.30. The van der Waals surface area contributed by atoms with Crippen molar-refractivity contribution in [3.8, 4) is 0 Å². The fourth-order valence-electron chi connectivity index (χ4n) is 1.30. The largest absolute Gasteiger partial charge is 0.390 e. The summed E-state index contributed by atoms with van der Waals surface area (Å²) in [4.78, 5) is 3.53. The third-order valence-electron chi connectivity index (χ3n) is 2.15. The summed E-state index contributed by atoms with van der Waals surface area (Å²) < 4.78 is 0. The Labute approximate surface area is 89.2 Å². The van der Waals surface area contributed by atoms with Gasteiger partial charge in [-0.2, -0.15) is 0 Å². The van der Waals surface area contributed by atoms with E-state index in [0.29, 0.717) is 13.1 Å². The molecule has 3 nitrogen and oxygen atoms in total. The molecule has 0 fully saturated rings. The van der Waals surface area contributed by atoms with Crippen molar-refractivity contribution in [1.29, 1.82) is 0 Å². The molecule has 1 aromatic rings. The maximum Gasteiger partial charge on any atom is 0.0789 e. The molecule has 0 aliphatic rings. The number of aliphatic hydroxyl groups excluding tert-OH is 1. The van der Waals surface area contributed by atoms with Crippen molar-refractivity contribution >= 4 is 11.3 Å². The first-order valence-corrected chi connectivity index (χ1v) is 5.77. The van der Waals surface area contributed by atoms with Crippen LogP contribution >= 0.6 is 11.3 Å². The molecule has 80 valence electrons. The molecule has 3 N–H and O–H groups in total. The lowest BCUT2D eigenvalue weighted by Gasteiger charge is -2.22. The smallest absolute Gasteiger partial charge is 0.0789 e. The van der Waals surface area contributed by atoms with Gasteiger partial charge in [-0.25, -0.2) is 0 Å². The van der Waals surface area contributed by atoms with Crippen molar-refractivity contribution in [2.75, 3.05) is 19.6 Å². The van der Waals surface area contributed by atoms with Crippen molar-refractivity contribution < 1.29 is 5.11 Å². The van der Waals surface area contributed by atoms with E-state index in [0.717, 1.165) is 13.1 Å². The molecular weight excluding hydrogens is 196 g/mol. The average molecular weight is 214 g/mol. The highest BCUT2D eigenvalue weighted by atomic mass is 32.1. The quantitative estimate of drug-likeness (QED) is 0.739. The minimum Gasteiger partial charge on any atom is -0.390 e. The van der Waals surface area contributed by atoms with E-state index in [1.807, 2.05) is 6.07 Å². The molecule has 4 heteroatoms. The molecule has 0 radical (unpaired) electrons. The lowest BCUT2D eigenvalue weighted by molar-refractivity contribution is 0.118. The molecule has 1 unspecified atom stereocenters. The third kappa shape index (κ3) is 3.75. The van der Waals surface area contributed by atoms with Gasteiger partial charge in [-0.15, -0.1) is 11.3 Å². The number of thiophene rings is 1. The normalized spacial score (nSPS) is 13.4. The van der Waals surface area contributed by atoms with E-state index in [4.69, 9.17) is 5.73 Å². The van der Waals surface area contributed by atoms with Crippen LogP contribution in [0.1, 0.15) is 11.8 Å². The minimum absolute atomic E-state index is 0.334. The second kappa shape index (κ2) is 6.14. The van der Waals surface area contributed by atoms with Crippen LogP contribution in [0.3, 0.4) is 0 Å². The Morgan fingerprint density at radius 3 is 2.93 bits per heavy atom. The van der Waals surface area contributed by atoms with Gasteiger partial charge in [-0.1, -0.05) is 13.0 Å². The van der Waals surface area contributed by atoms with Gasteiger partial charge in [0, 0.05) is 24.5 Å². The van der Waals surface area contributed by atoms with Crippen LogP contribution in [0.5, 0.6) is 0 Å². The summed E-state index contributed by atoms with van der Waals surface area (Å²) >= 11 is 1.75. The van der Waals surface area contributed by atoms with E-state index in [9.17, 15) is 5.11 Å². The number of rotatable bonds is 6. The molecule has 0 aliphatic carbocycles. The van der Waals surface area contributed by atoms with Crippen LogP contribution in [0.15, 0.2) is 17.5 Å². The maximum absolute atomic E-state index is 9.42. The van der Waals surface area contributed by atoms with Crippen molar-refractivity contribution in [2.24, 2.45) is 5.73 Å². The van der Waals surface area contributed by atoms with E-state index in [-0.39, 0.29) is 0 Å². The monoisotopic (exact) mass is 214 g/mol. The number of hydrogen-bond acceptors (Lipinski definition) is 4. The average Bonchev–Trinajstić information content (AvgIpc) is 2.69. The van der Waals surface area contributed by atoms with Crippen molar-refractivity contribution in [2.45, 2.75) is 19.6 Å². The zero-order valence-electron chi connectivity index (χ0n) is 8.52. The lowest BCUT2D eigenvalue weighted by Crippen LogP contribution is -2.35. The summed E-state index contributed by atoms with van der Waals surface area (Å²) in [5.74, 6) is 0. The van der Waals surface area contributed by atoms with Gasteiger partial charge in [0.1, 0.15) is 0 Å². The highest BCUT2D eigenvalue weighted by Crippen LogP contribution is 2.11. The first kappa shape index (κ1) is 11.7. The van der Waals surface area contributed by atoms with Crippen molar-refractivity contribution in [1.82, 2.24) is 4.90 Å². The first-order chi connectivity index (χ1) is 6.76. The van der Waals surface area contributed by atoms with E-state index in [2.05, 4.69) is 23.3 Å². The predicted octanol–water partition coefficient (Wildman–Crippen LogP) is 0.890. The second-order valence-corrected chi connectivity index (χ2v) is 4.33. The topological polar surface area (TPSA) is 49.5 Å². The first-order valence-electron chi connectivity index (χ1n) is 4.89. The molecule has 1 rings (SSSR count). The van der Waals surface area contributed by atoms with Gasteiger partial charge in [0.2, 0.25) is 0 Å². The molecule has 0 spiro atoms. The lowest BCUT2D eigenvalue weighted by atomic mass is 10.3. The summed E-state index contributed by atoms with van der Waals surface area (Å²) in [6.45, 7) is 4.93. The van der Waals surface area contributed by atoms with E-state index >= 15 is 0 Å². The van der Waals surface area contributed by atoms with Crippen LogP contribution in [0.4, 0.5) is 0 Å². The predicted molar refractivity (Wildman–Crippen MR) is 60.3 cm³/mol. The molecule has 1 atom stereocenters. The number of nitrogens with two attached hydrogens (primary N) is 1. The number of nitrogens with zero attached hydrogens (tertiary/aromatic N) is 1. The van der Waals surface area contributed by atoms with Crippen LogP contribution in [0.25, 0.3) is 0 Å². The number of hydrogen-bond donors (Lipinski definition) is 2. The Hall–Kier alpha value is -0.420.